The summed E-state index contributed by atoms with van der Waals surface area (Å²) in [5.74, 6) is -0.329. The summed E-state index contributed by atoms with van der Waals surface area (Å²) >= 11 is 0. The van der Waals surface area contributed by atoms with Gasteiger partial charge in [-0.15, -0.1) is 0 Å². The van der Waals surface area contributed by atoms with Crippen molar-refractivity contribution in [3.63, 3.8) is 0 Å². The first-order valence-electron chi connectivity index (χ1n) is 9.43. The van der Waals surface area contributed by atoms with E-state index in [2.05, 4.69) is 26.2 Å². The van der Waals surface area contributed by atoms with E-state index in [1.54, 1.807) is 0 Å². The molecule has 0 radical (unpaired) electrons. The Bertz CT molecular complexity index is 827. The molecule has 144 valence electrons. The van der Waals surface area contributed by atoms with Crippen molar-refractivity contribution in [1.29, 1.82) is 0 Å². The van der Waals surface area contributed by atoms with Crippen LogP contribution in [0.3, 0.4) is 0 Å². The normalized spacial score (nSPS) is 17.1. The Hall–Kier alpha value is -2.60. The maximum absolute atomic E-state index is 12.3. The monoisotopic (exact) mass is 368 g/mol. The Labute approximate surface area is 160 Å². The Morgan fingerprint density at radius 3 is 2.70 bits per heavy atom. The number of hydrogen-bond donors (Lipinski definition) is 2. The lowest BCUT2D eigenvalue weighted by atomic mass is 10.1. The van der Waals surface area contributed by atoms with Gasteiger partial charge in [-0.2, -0.15) is 0 Å². The molecule has 6 heteroatoms. The summed E-state index contributed by atoms with van der Waals surface area (Å²) in [4.78, 5) is 26.7. The van der Waals surface area contributed by atoms with Crippen molar-refractivity contribution in [2.75, 3.05) is 25.0 Å². The predicted octanol–water partition coefficient (Wildman–Crippen LogP) is 2.53. The number of carbonyl (C=O) groups is 2. The maximum atomic E-state index is 12.3. The molecule has 1 atom stereocenters. The molecule has 1 aliphatic heterocycles. The zero-order valence-electron chi connectivity index (χ0n) is 16.3. The van der Waals surface area contributed by atoms with Gasteiger partial charge in [0, 0.05) is 24.6 Å². The molecule has 1 saturated heterocycles. The summed E-state index contributed by atoms with van der Waals surface area (Å²) in [6, 6.07) is 10.2. The second-order valence-electron chi connectivity index (χ2n) is 7.24. The van der Waals surface area contributed by atoms with E-state index in [4.69, 9.17) is 0 Å². The van der Waals surface area contributed by atoms with Crippen LogP contribution in [0.15, 0.2) is 36.5 Å². The number of benzene rings is 1. The van der Waals surface area contributed by atoms with E-state index in [1.165, 1.54) is 5.69 Å². The average molecular weight is 368 g/mol. The quantitative estimate of drug-likeness (QED) is 0.823. The smallest absolute Gasteiger partial charge is 0.243 e. The second kappa shape index (κ2) is 8.39. The fourth-order valence-corrected chi connectivity index (χ4v) is 3.67. The van der Waals surface area contributed by atoms with Gasteiger partial charge >= 0.3 is 0 Å². The van der Waals surface area contributed by atoms with Crippen LogP contribution in [0.25, 0.3) is 0 Å². The second-order valence-corrected chi connectivity index (χ2v) is 7.24. The molecule has 2 heterocycles. The van der Waals surface area contributed by atoms with Crippen LogP contribution in [-0.4, -0.2) is 40.9 Å². The van der Waals surface area contributed by atoms with Crippen LogP contribution in [0.5, 0.6) is 0 Å². The molecular formula is C21H28N4O2. The molecule has 2 aromatic rings. The van der Waals surface area contributed by atoms with Crippen LogP contribution < -0.4 is 10.6 Å². The zero-order chi connectivity index (χ0) is 19.4. The summed E-state index contributed by atoms with van der Waals surface area (Å²) in [6.07, 6.45) is 4.16. The number of likely N-dealkylation sites (tertiary alicyclic amines) is 1. The minimum Gasteiger partial charge on any atom is -0.353 e. The Kier molecular flexibility index (Phi) is 5.96. The third kappa shape index (κ3) is 4.57. The van der Waals surface area contributed by atoms with E-state index >= 15 is 0 Å². The molecule has 0 spiro atoms. The zero-order valence-corrected chi connectivity index (χ0v) is 16.3. The highest BCUT2D eigenvalue weighted by atomic mass is 16.2. The van der Waals surface area contributed by atoms with Crippen LogP contribution in [0.4, 0.5) is 5.69 Å². The number of hydrogen-bond acceptors (Lipinski definition) is 3. The molecule has 1 aliphatic rings. The number of rotatable bonds is 6. The predicted molar refractivity (Wildman–Crippen MR) is 107 cm³/mol. The van der Waals surface area contributed by atoms with Crippen molar-refractivity contribution in [3.05, 3.63) is 53.3 Å². The molecule has 1 fully saturated rings. The average Bonchev–Trinajstić information content (AvgIpc) is 3.25. The first-order valence-corrected chi connectivity index (χ1v) is 9.43. The van der Waals surface area contributed by atoms with Crippen molar-refractivity contribution in [2.45, 2.75) is 32.7 Å². The minimum absolute atomic E-state index is 0.0190. The third-order valence-corrected chi connectivity index (χ3v) is 5.36. The number of nitrogens with zero attached hydrogens (tertiary/aromatic N) is 2. The van der Waals surface area contributed by atoms with E-state index in [0.29, 0.717) is 6.54 Å². The summed E-state index contributed by atoms with van der Waals surface area (Å²) in [5.41, 5.74) is 4.18. The SMILES string of the molecule is Cc1cccc(NC(=O)CNC(=O)CN2CCC[C@H]2c2cccn2C)c1C. The minimum atomic E-state index is -0.211. The van der Waals surface area contributed by atoms with Crippen molar-refractivity contribution in [3.8, 4) is 0 Å². The van der Waals surface area contributed by atoms with Crippen LogP contribution in [0.2, 0.25) is 0 Å². The highest BCUT2D eigenvalue weighted by molar-refractivity contribution is 5.95. The molecule has 0 bridgehead atoms. The van der Waals surface area contributed by atoms with Crippen molar-refractivity contribution >= 4 is 17.5 Å². The van der Waals surface area contributed by atoms with Gasteiger partial charge in [0.15, 0.2) is 0 Å². The number of carbonyl (C=O) groups excluding carboxylic acids is 2. The van der Waals surface area contributed by atoms with Crippen LogP contribution in [0.1, 0.15) is 35.7 Å². The van der Waals surface area contributed by atoms with E-state index in [0.717, 1.165) is 36.2 Å². The van der Waals surface area contributed by atoms with Gasteiger partial charge in [0.1, 0.15) is 0 Å². The van der Waals surface area contributed by atoms with Gasteiger partial charge in [-0.1, -0.05) is 12.1 Å². The first kappa shape index (κ1) is 19.2. The molecule has 27 heavy (non-hydrogen) atoms. The van der Waals surface area contributed by atoms with Gasteiger partial charge in [0.2, 0.25) is 11.8 Å². The number of aromatic nitrogens is 1. The number of nitrogens with one attached hydrogen (secondary N) is 2. The molecule has 3 rings (SSSR count). The summed E-state index contributed by atoms with van der Waals surface area (Å²) in [5, 5.41) is 5.61. The molecule has 2 N–H and O–H groups in total. The fourth-order valence-electron chi connectivity index (χ4n) is 3.67. The molecule has 6 nitrogen and oxygen atoms in total. The molecule has 1 aromatic heterocycles. The van der Waals surface area contributed by atoms with Gasteiger partial charge in [0.25, 0.3) is 0 Å². The van der Waals surface area contributed by atoms with Crippen LogP contribution in [-0.2, 0) is 16.6 Å². The molecule has 0 aliphatic carbocycles. The highest BCUT2D eigenvalue weighted by Gasteiger charge is 2.28. The standard InChI is InChI=1S/C21H28N4O2/c1-15-7-4-8-17(16(15)2)23-20(26)13-22-21(27)14-25-12-6-10-19(25)18-9-5-11-24(18)3/h4-5,7-9,11,19H,6,10,12-14H2,1-3H3,(H,22,27)(H,23,26)/t19-/m0/s1. The number of amides is 2. The number of anilines is 1. The van der Waals surface area contributed by atoms with Crippen LogP contribution >= 0.6 is 0 Å². The van der Waals surface area contributed by atoms with E-state index in [9.17, 15) is 9.59 Å². The largest absolute Gasteiger partial charge is 0.353 e. The highest BCUT2D eigenvalue weighted by Crippen LogP contribution is 2.31. The lowest BCUT2D eigenvalue weighted by molar-refractivity contribution is -0.125. The van der Waals surface area contributed by atoms with Gasteiger partial charge in [0.05, 0.1) is 19.1 Å². The van der Waals surface area contributed by atoms with E-state index in [1.807, 2.05) is 51.4 Å². The van der Waals surface area contributed by atoms with Gasteiger partial charge in [-0.25, -0.2) is 0 Å². The van der Waals surface area contributed by atoms with Crippen molar-refractivity contribution in [2.24, 2.45) is 7.05 Å². The summed E-state index contributed by atoms with van der Waals surface area (Å²) in [6.45, 7) is 5.17. The fraction of sp³-hybridized carbons (Fsp3) is 0.429. The lowest BCUT2D eigenvalue weighted by Gasteiger charge is -2.24. The van der Waals surface area contributed by atoms with Gasteiger partial charge in [-0.3, -0.25) is 14.5 Å². The molecule has 1 aromatic carbocycles. The molecule has 2 amide bonds. The third-order valence-electron chi connectivity index (χ3n) is 5.36. The Balaban J connectivity index is 1.50. The van der Waals surface area contributed by atoms with Crippen LogP contribution in [0, 0.1) is 13.8 Å². The topological polar surface area (TPSA) is 66.4 Å². The lowest BCUT2D eigenvalue weighted by Crippen LogP contribution is -2.40. The van der Waals surface area contributed by atoms with Gasteiger partial charge in [-0.05, 0) is 62.6 Å². The van der Waals surface area contributed by atoms with Crippen molar-refractivity contribution < 1.29 is 9.59 Å². The van der Waals surface area contributed by atoms with E-state index in [-0.39, 0.29) is 24.4 Å². The number of aryl methyl sites for hydroxylation is 2. The summed E-state index contributed by atoms with van der Waals surface area (Å²) < 4.78 is 2.11. The van der Waals surface area contributed by atoms with Gasteiger partial charge < -0.3 is 15.2 Å². The van der Waals surface area contributed by atoms with Crippen molar-refractivity contribution in [1.82, 2.24) is 14.8 Å². The Morgan fingerprint density at radius 1 is 1.15 bits per heavy atom. The Morgan fingerprint density at radius 2 is 1.96 bits per heavy atom. The molecule has 0 unspecified atom stereocenters. The van der Waals surface area contributed by atoms with E-state index < -0.39 is 0 Å². The summed E-state index contributed by atoms with van der Waals surface area (Å²) in [7, 11) is 2.03. The molecular weight excluding hydrogens is 340 g/mol. The first-order chi connectivity index (χ1) is 13.0. The molecule has 0 saturated carbocycles. The maximum Gasteiger partial charge on any atom is 0.243 e.